The summed E-state index contributed by atoms with van der Waals surface area (Å²) in [6.45, 7) is 7.51. The molecule has 0 aromatic heterocycles. The van der Waals surface area contributed by atoms with Gasteiger partial charge in [-0.15, -0.1) is 0 Å². The highest BCUT2D eigenvalue weighted by Gasteiger charge is 2.28. The van der Waals surface area contributed by atoms with Gasteiger partial charge in [-0.2, -0.15) is 0 Å². The molecule has 1 aliphatic heterocycles. The minimum absolute atomic E-state index is 0.0168. The van der Waals surface area contributed by atoms with Crippen molar-refractivity contribution < 1.29 is 8.42 Å². The molecule has 1 aromatic carbocycles. The van der Waals surface area contributed by atoms with Crippen molar-refractivity contribution in [1.29, 1.82) is 0 Å². The molecule has 2 atom stereocenters. The second-order valence-corrected chi connectivity index (χ2v) is 8.28. The van der Waals surface area contributed by atoms with Gasteiger partial charge in [0.15, 0.2) is 9.84 Å². The summed E-state index contributed by atoms with van der Waals surface area (Å²) in [6, 6.07) is 6.19. The number of anilines is 1. The van der Waals surface area contributed by atoms with Gasteiger partial charge in [0.05, 0.1) is 11.5 Å². The van der Waals surface area contributed by atoms with Crippen LogP contribution in [0.4, 0.5) is 5.69 Å². The molecule has 0 bridgehead atoms. The monoisotopic (exact) mass is 330 g/mol. The quantitative estimate of drug-likeness (QED) is 0.922. The second kappa shape index (κ2) is 6.55. The van der Waals surface area contributed by atoms with Crippen LogP contribution in [0.2, 0.25) is 5.02 Å². The van der Waals surface area contributed by atoms with Crippen LogP contribution in [0.1, 0.15) is 32.4 Å². The Morgan fingerprint density at radius 3 is 2.76 bits per heavy atom. The maximum absolute atomic E-state index is 11.7. The van der Waals surface area contributed by atoms with E-state index >= 15 is 0 Å². The maximum Gasteiger partial charge on any atom is 0.154 e. The van der Waals surface area contributed by atoms with Gasteiger partial charge >= 0.3 is 0 Å². The van der Waals surface area contributed by atoms with Crippen molar-refractivity contribution >= 4 is 27.1 Å². The SMILES string of the molecule is CCNC(C)c1ccc(N2CCS(=O)(=O)CC2C)cc1Cl. The highest BCUT2D eigenvalue weighted by Crippen LogP contribution is 2.30. The number of sulfone groups is 1. The third-order valence-electron chi connectivity index (χ3n) is 3.96. The smallest absolute Gasteiger partial charge is 0.154 e. The standard InChI is InChI=1S/C15H23ClN2O2S/c1-4-17-12(3)14-6-5-13(9-15(14)16)18-7-8-21(19,20)10-11(18)2/h5-6,9,11-12,17H,4,7-8,10H2,1-3H3. The van der Waals surface area contributed by atoms with Crippen molar-refractivity contribution in [3.8, 4) is 0 Å². The summed E-state index contributed by atoms with van der Waals surface area (Å²) < 4.78 is 23.3. The minimum Gasteiger partial charge on any atom is -0.367 e. The first-order valence-corrected chi connectivity index (χ1v) is 9.54. The third kappa shape index (κ3) is 3.90. The fraction of sp³-hybridized carbons (Fsp3) is 0.600. The van der Waals surface area contributed by atoms with E-state index in [1.54, 1.807) is 0 Å². The van der Waals surface area contributed by atoms with E-state index in [9.17, 15) is 8.42 Å². The van der Waals surface area contributed by atoms with Crippen LogP contribution < -0.4 is 10.2 Å². The van der Waals surface area contributed by atoms with Gasteiger partial charge in [-0.25, -0.2) is 8.42 Å². The lowest BCUT2D eigenvalue weighted by Crippen LogP contribution is -2.47. The van der Waals surface area contributed by atoms with E-state index < -0.39 is 9.84 Å². The number of hydrogen-bond acceptors (Lipinski definition) is 4. The molecule has 0 aliphatic carbocycles. The molecule has 0 radical (unpaired) electrons. The molecule has 21 heavy (non-hydrogen) atoms. The summed E-state index contributed by atoms with van der Waals surface area (Å²) in [5, 5.41) is 4.07. The van der Waals surface area contributed by atoms with Crippen molar-refractivity contribution in [3.05, 3.63) is 28.8 Å². The molecule has 2 unspecified atom stereocenters. The van der Waals surface area contributed by atoms with E-state index in [4.69, 9.17) is 11.6 Å². The number of halogens is 1. The van der Waals surface area contributed by atoms with Crippen molar-refractivity contribution in [1.82, 2.24) is 5.32 Å². The third-order valence-corrected chi connectivity index (χ3v) is 6.09. The molecule has 2 rings (SSSR count). The topological polar surface area (TPSA) is 49.4 Å². The molecule has 1 aliphatic rings. The van der Waals surface area contributed by atoms with Crippen LogP contribution in [0.15, 0.2) is 18.2 Å². The highest BCUT2D eigenvalue weighted by atomic mass is 35.5. The van der Waals surface area contributed by atoms with Gasteiger partial charge in [-0.1, -0.05) is 24.6 Å². The Balaban J connectivity index is 2.20. The highest BCUT2D eigenvalue weighted by molar-refractivity contribution is 7.91. The van der Waals surface area contributed by atoms with E-state index in [0.717, 1.165) is 22.8 Å². The van der Waals surface area contributed by atoms with Crippen LogP contribution in [0.3, 0.4) is 0 Å². The zero-order valence-electron chi connectivity index (χ0n) is 12.8. The predicted octanol–water partition coefficient (Wildman–Crippen LogP) is 2.63. The molecular weight excluding hydrogens is 308 g/mol. The lowest BCUT2D eigenvalue weighted by Gasteiger charge is -2.35. The van der Waals surface area contributed by atoms with Crippen molar-refractivity contribution in [3.63, 3.8) is 0 Å². The molecule has 0 saturated carbocycles. The largest absolute Gasteiger partial charge is 0.367 e. The second-order valence-electron chi connectivity index (χ2n) is 5.64. The van der Waals surface area contributed by atoms with Gasteiger partial charge in [0.25, 0.3) is 0 Å². The van der Waals surface area contributed by atoms with Gasteiger partial charge in [-0.05, 0) is 38.1 Å². The molecule has 118 valence electrons. The molecule has 1 saturated heterocycles. The van der Waals surface area contributed by atoms with Gasteiger partial charge in [-0.3, -0.25) is 0 Å². The van der Waals surface area contributed by atoms with E-state index in [0.29, 0.717) is 6.54 Å². The summed E-state index contributed by atoms with van der Waals surface area (Å²) >= 11 is 6.40. The summed E-state index contributed by atoms with van der Waals surface area (Å²) in [5.41, 5.74) is 2.06. The fourth-order valence-corrected chi connectivity index (χ4v) is 4.74. The molecule has 0 spiro atoms. The van der Waals surface area contributed by atoms with Crippen molar-refractivity contribution in [2.45, 2.75) is 32.9 Å². The average molecular weight is 331 g/mol. The number of nitrogens with zero attached hydrogens (tertiary/aromatic N) is 1. The van der Waals surface area contributed by atoms with E-state index in [2.05, 4.69) is 24.1 Å². The summed E-state index contributed by atoms with van der Waals surface area (Å²) in [6.07, 6.45) is 0. The van der Waals surface area contributed by atoms with Gasteiger partial charge in [0, 0.05) is 29.3 Å². The normalized spacial score (nSPS) is 23.0. The number of hydrogen-bond donors (Lipinski definition) is 1. The Morgan fingerprint density at radius 2 is 2.19 bits per heavy atom. The lowest BCUT2D eigenvalue weighted by molar-refractivity contribution is 0.568. The Bertz CT molecular complexity index is 604. The van der Waals surface area contributed by atoms with Crippen LogP contribution in [0.5, 0.6) is 0 Å². The number of rotatable bonds is 4. The van der Waals surface area contributed by atoms with E-state index in [1.807, 2.05) is 25.1 Å². The summed E-state index contributed by atoms with van der Waals surface area (Å²) in [4.78, 5) is 2.12. The van der Waals surface area contributed by atoms with Gasteiger partial charge in [0.2, 0.25) is 0 Å². The first-order valence-electron chi connectivity index (χ1n) is 7.34. The van der Waals surface area contributed by atoms with Crippen LogP contribution in [0.25, 0.3) is 0 Å². The predicted molar refractivity (Wildman–Crippen MR) is 89.0 cm³/mol. The first kappa shape index (κ1) is 16.6. The van der Waals surface area contributed by atoms with Crippen LogP contribution in [0, 0.1) is 0 Å². The number of benzene rings is 1. The Kier molecular flexibility index (Phi) is 5.17. The van der Waals surface area contributed by atoms with E-state index in [-0.39, 0.29) is 23.6 Å². The summed E-state index contributed by atoms with van der Waals surface area (Å²) in [7, 11) is -2.90. The van der Waals surface area contributed by atoms with Gasteiger partial charge < -0.3 is 10.2 Å². The Morgan fingerprint density at radius 1 is 1.48 bits per heavy atom. The summed E-state index contributed by atoms with van der Waals surface area (Å²) in [5.74, 6) is 0.421. The maximum atomic E-state index is 11.7. The molecule has 1 N–H and O–H groups in total. The van der Waals surface area contributed by atoms with Crippen LogP contribution in [-0.4, -0.2) is 39.1 Å². The minimum atomic E-state index is -2.90. The van der Waals surface area contributed by atoms with Crippen molar-refractivity contribution in [2.75, 3.05) is 29.5 Å². The van der Waals surface area contributed by atoms with Gasteiger partial charge in [0.1, 0.15) is 0 Å². The molecule has 0 amide bonds. The molecule has 1 aromatic rings. The average Bonchev–Trinajstić information content (AvgIpc) is 2.37. The van der Waals surface area contributed by atoms with Crippen LogP contribution in [-0.2, 0) is 9.84 Å². The van der Waals surface area contributed by atoms with E-state index in [1.165, 1.54) is 0 Å². The Labute approximate surface area is 132 Å². The van der Waals surface area contributed by atoms with Crippen LogP contribution >= 0.6 is 11.6 Å². The zero-order valence-corrected chi connectivity index (χ0v) is 14.3. The molecular formula is C15H23ClN2O2S. The lowest BCUT2D eigenvalue weighted by atomic mass is 10.1. The Hall–Kier alpha value is -0.780. The molecule has 1 heterocycles. The first-order chi connectivity index (χ1) is 9.84. The zero-order chi connectivity index (χ0) is 15.6. The molecule has 6 heteroatoms. The fourth-order valence-electron chi connectivity index (χ4n) is 2.84. The molecule has 1 fully saturated rings. The molecule has 4 nitrogen and oxygen atoms in total. The van der Waals surface area contributed by atoms with Crippen molar-refractivity contribution in [2.24, 2.45) is 0 Å². The number of nitrogens with one attached hydrogen (secondary N) is 1.